The van der Waals surface area contributed by atoms with Gasteiger partial charge in [-0.3, -0.25) is 0 Å². The van der Waals surface area contributed by atoms with Gasteiger partial charge in [0, 0.05) is 0 Å². The molecule has 0 aromatic rings. The minimum atomic E-state index is 0. The first-order valence-electron chi connectivity index (χ1n) is 0.894. The Balaban J connectivity index is -0.0000000400. The molecule has 0 aliphatic rings. The molecule has 0 fully saturated rings. The Labute approximate surface area is 60.8 Å². The van der Waals surface area contributed by atoms with Gasteiger partial charge in [-0.2, -0.15) is 0 Å². The summed E-state index contributed by atoms with van der Waals surface area (Å²) in [5, 5.41) is 13.8. The van der Waals surface area contributed by atoms with Crippen LogP contribution in [-0.2, 0) is 26.2 Å². The molecule has 0 saturated carbocycles. The molecule has 0 atom stereocenters. The van der Waals surface area contributed by atoms with Crippen LogP contribution in [0.25, 0.3) is 11.5 Å². The van der Waals surface area contributed by atoms with Crippen molar-refractivity contribution in [1.29, 1.82) is 10.5 Å². The molecular weight excluding hydrogens is 171 g/mol. The van der Waals surface area contributed by atoms with Gasteiger partial charge < -0.3 is 34.4 Å². The maximum Gasteiger partial charge on any atom is 4.00 e. The molecule has 0 bridgehead atoms. The third kappa shape index (κ3) is 227. The molecule has 5 heteroatoms. The summed E-state index contributed by atoms with van der Waals surface area (Å²) in [6, 6.07) is 0. The van der Waals surface area contributed by atoms with Gasteiger partial charge in [0.05, 0.1) is 0 Å². The molecule has 0 spiro atoms. The van der Waals surface area contributed by atoms with Crippen LogP contribution in [0.1, 0.15) is 0 Å². The zero-order valence-electron chi connectivity index (χ0n) is 3.29. The van der Waals surface area contributed by atoms with Crippen LogP contribution in [0, 0.1) is 22.9 Å². The van der Waals surface area contributed by atoms with Crippen LogP contribution in [-0.4, -0.2) is 0 Å². The van der Waals surface area contributed by atoms with Gasteiger partial charge >= 0.3 is 26.2 Å². The van der Waals surface area contributed by atoms with E-state index in [-0.39, 0.29) is 26.2 Å². The molecule has 0 saturated heterocycles. The van der Waals surface area contributed by atoms with Crippen molar-refractivity contribution in [3.05, 3.63) is 11.5 Å². The minimum absolute atomic E-state index is 0. The van der Waals surface area contributed by atoms with Crippen molar-refractivity contribution in [1.82, 2.24) is 0 Å². The van der Waals surface area contributed by atoms with Crippen molar-refractivity contribution >= 4 is 0 Å². The summed E-state index contributed by atoms with van der Waals surface area (Å²) in [5.41, 5.74) is 13.8. The second-order valence-electron chi connectivity index (χ2n) is 0.200. The molecule has 0 rings (SSSR count). The Hall–Kier alpha value is -0.537. The standard InChI is InChI=1S/2CN2.Zr/c2*2-1-3;/q2*-2;+4. The van der Waals surface area contributed by atoms with Crippen LogP contribution in [0.4, 0.5) is 0 Å². The topological polar surface area (TPSA) is 92.2 Å². The predicted octanol–water partition coefficient (Wildman–Crippen LogP) is 0.608. The summed E-state index contributed by atoms with van der Waals surface area (Å²) in [6.45, 7) is 0. The van der Waals surface area contributed by atoms with Crippen molar-refractivity contribution in [2.24, 2.45) is 0 Å². The van der Waals surface area contributed by atoms with Crippen LogP contribution < -0.4 is 0 Å². The van der Waals surface area contributed by atoms with E-state index in [2.05, 4.69) is 0 Å². The van der Waals surface area contributed by atoms with Crippen LogP contribution in [0.3, 0.4) is 0 Å². The van der Waals surface area contributed by atoms with Gasteiger partial charge in [0.1, 0.15) is 0 Å². The first-order valence-corrected chi connectivity index (χ1v) is 0.894. The molecule has 0 N–H and O–H groups in total. The maximum atomic E-state index is 6.88. The number of nitrogens with zero attached hydrogens (tertiary/aromatic N) is 4. The fraction of sp³-hybridized carbons (Fsp3) is 0. The van der Waals surface area contributed by atoms with E-state index < -0.39 is 0 Å². The molecule has 4 nitrogen and oxygen atoms in total. The Morgan fingerprint density at radius 2 is 1.00 bits per heavy atom. The first-order chi connectivity index (χ1) is 2.83. The normalized spacial score (nSPS) is 2.00. The van der Waals surface area contributed by atoms with Crippen LogP contribution in [0.5, 0.6) is 0 Å². The van der Waals surface area contributed by atoms with Crippen LogP contribution in [0.2, 0.25) is 0 Å². The summed E-state index contributed by atoms with van der Waals surface area (Å²) in [5.74, 6) is 0. The van der Waals surface area contributed by atoms with Crippen molar-refractivity contribution in [2.45, 2.75) is 0 Å². The molecule has 0 aliphatic carbocycles. The third-order valence-electron chi connectivity index (χ3n) is 0. The summed E-state index contributed by atoms with van der Waals surface area (Å²) < 4.78 is 0. The van der Waals surface area contributed by atoms with E-state index in [0.29, 0.717) is 0 Å². The fourth-order valence-electron chi connectivity index (χ4n) is 0. The van der Waals surface area contributed by atoms with Crippen LogP contribution >= 0.6 is 0 Å². The maximum absolute atomic E-state index is 6.88. The van der Waals surface area contributed by atoms with Gasteiger partial charge in [0.2, 0.25) is 0 Å². The fourth-order valence-corrected chi connectivity index (χ4v) is 0. The molecule has 32 valence electrons. The van der Waals surface area contributed by atoms with E-state index in [0.717, 1.165) is 12.4 Å². The monoisotopic (exact) mass is 170 g/mol. The van der Waals surface area contributed by atoms with Crippen LogP contribution in [0.15, 0.2) is 0 Å². The quantitative estimate of drug-likeness (QED) is 0.499. The van der Waals surface area contributed by atoms with Gasteiger partial charge in [-0.05, 0) is 0 Å². The summed E-state index contributed by atoms with van der Waals surface area (Å²) in [4.78, 5) is 0. The van der Waals surface area contributed by atoms with E-state index in [9.17, 15) is 0 Å². The smallest absolute Gasteiger partial charge is 0.839 e. The molecule has 0 heterocycles. The number of rotatable bonds is 0. The second-order valence-corrected chi connectivity index (χ2v) is 0.200. The average Bonchev–Trinajstić information content (AvgIpc) is 1.39. The Kier molecular flexibility index (Phi) is 117. The molecular formula is C2N4Zr. The number of hydrogen-bond acceptors (Lipinski definition) is 2. The van der Waals surface area contributed by atoms with Gasteiger partial charge in [-0.25, -0.2) is 0 Å². The molecule has 0 unspecified atom stereocenters. The van der Waals surface area contributed by atoms with Gasteiger partial charge in [0.15, 0.2) is 0 Å². The molecule has 0 aliphatic heterocycles. The molecule has 0 aromatic heterocycles. The summed E-state index contributed by atoms with van der Waals surface area (Å²) >= 11 is 0. The van der Waals surface area contributed by atoms with E-state index in [1.165, 1.54) is 0 Å². The summed E-state index contributed by atoms with van der Waals surface area (Å²) in [6.07, 6.45) is 1.50. The Morgan fingerprint density at radius 3 is 1.00 bits per heavy atom. The number of nitriles is 2. The van der Waals surface area contributed by atoms with Gasteiger partial charge in [-0.15, -0.1) is 0 Å². The minimum Gasteiger partial charge on any atom is -0.839 e. The molecule has 7 heavy (non-hydrogen) atoms. The molecule has 0 amide bonds. The van der Waals surface area contributed by atoms with Crippen molar-refractivity contribution in [2.75, 3.05) is 0 Å². The third-order valence-corrected chi connectivity index (χ3v) is 0. The van der Waals surface area contributed by atoms with Crippen molar-refractivity contribution in [3.63, 3.8) is 0 Å². The van der Waals surface area contributed by atoms with Crippen molar-refractivity contribution < 1.29 is 26.2 Å². The average molecular weight is 171 g/mol. The zero-order chi connectivity index (χ0) is 5.41. The number of hydrogen-bond donors (Lipinski definition) is 0. The van der Waals surface area contributed by atoms with E-state index in [1.54, 1.807) is 0 Å². The van der Waals surface area contributed by atoms with E-state index in [4.69, 9.17) is 22.0 Å². The first kappa shape index (κ1) is 16.1. The second kappa shape index (κ2) is 50.8. The molecule has 0 radical (unpaired) electrons. The predicted molar refractivity (Wildman–Crippen MR) is 17.9 cm³/mol. The summed E-state index contributed by atoms with van der Waals surface area (Å²) in [7, 11) is 0. The Bertz CT molecular complexity index is 64.7. The largest absolute Gasteiger partial charge is 4.00 e. The molecule has 0 aromatic carbocycles. The SMILES string of the molecule is N#C[N-2].N#C[N-2].[Zr+4]. The van der Waals surface area contributed by atoms with E-state index in [1.807, 2.05) is 0 Å². The van der Waals surface area contributed by atoms with Gasteiger partial charge in [0.25, 0.3) is 0 Å². The van der Waals surface area contributed by atoms with E-state index >= 15 is 0 Å². The van der Waals surface area contributed by atoms with Crippen molar-refractivity contribution in [3.8, 4) is 12.4 Å². The Morgan fingerprint density at radius 1 is 1.00 bits per heavy atom. The van der Waals surface area contributed by atoms with Gasteiger partial charge in [-0.1, -0.05) is 0 Å². The zero-order valence-corrected chi connectivity index (χ0v) is 5.75.